The number of rotatable bonds is 13. The van der Waals surface area contributed by atoms with E-state index in [9.17, 15) is 4.79 Å². The monoisotopic (exact) mass is 324 g/mol. The summed E-state index contributed by atoms with van der Waals surface area (Å²) in [5, 5.41) is 0. The quantitative estimate of drug-likeness (QED) is 0.317. The molecule has 0 N–H and O–H groups in total. The average molecular weight is 325 g/mol. The molecule has 0 aromatic carbocycles. The van der Waals surface area contributed by atoms with Crippen LogP contribution in [-0.2, 0) is 4.79 Å². The van der Waals surface area contributed by atoms with Gasteiger partial charge in [-0.3, -0.25) is 4.79 Å². The zero-order valence-corrected chi connectivity index (χ0v) is 17.1. The van der Waals surface area contributed by atoms with Crippen LogP contribution in [0.15, 0.2) is 0 Å². The third-order valence-electron chi connectivity index (χ3n) is 4.36. The molecular weight excluding hydrogens is 280 g/mol. The van der Waals surface area contributed by atoms with Crippen LogP contribution in [-0.4, -0.2) is 5.78 Å². The molecule has 0 unspecified atom stereocenters. The minimum Gasteiger partial charge on any atom is -0.300 e. The Bertz CT molecular complexity index is 290. The van der Waals surface area contributed by atoms with Gasteiger partial charge in [0.1, 0.15) is 5.78 Å². The van der Waals surface area contributed by atoms with Gasteiger partial charge >= 0.3 is 0 Å². The zero-order chi connectivity index (χ0) is 17.8. The summed E-state index contributed by atoms with van der Waals surface area (Å²) in [7, 11) is 0. The van der Waals surface area contributed by atoms with Gasteiger partial charge in [0.05, 0.1) is 0 Å². The molecule has 0 saturated heterocycles. The molecule has 0 amide bonds. The normalized spacial score (nSPS) is 12.6. The number of carbonyl (C=O) groups excluding carboxylic acids is 1. The number of hydrogen-bond acceptors (Lipinski definition) is 1. The molecule has 0 saturated carbocycles. The highest BCUT2D eigenvalue weighted by atomic mass is 16.1. The van der Waals surface area contributed by atoms with Gasteiger partial charge in [0, 0.05) is 12.8 Å². The third-order valence-corrected chi connectivity index (χ3v) is 4.36. The fourth-order valence-electron chi connectivity index (χ4n) is 3.07. The summed E-state index contributed by atoms with van der Waals surface area (Å²) in [4.78, 5) is 11.8. The Morgan fingerprint density at radius 1 is 0.565 bits per heavy atom. The molecule has 0 atom stereocenters. The van der Waals surface area contributed by atoms with Crippen LogP contribution in [0.2, 0.25) is 0 Å². The molecule has 1 heteroatoms. The first-order valence-corrected chi connectivity index (χ1v) is 10.1. The van der Waals surface area contributed by atoms with Gasteiger partial charge in [-0.2, -0.15) is 0 Å². The molecule has 0 aliphatic heterocycles. The van der Waals surface area contributed by atoms with Crippen LogP contribution in [0.5, 0.6) is 0 Å². The summed E-state index contributed by atoms with van der Waals surface area (Å²) >= 11 is 0. The molecule has 0 aliphatic rings. The van der Waals surface area contributed by atoms with Crippen molar-refractivity contribution in [3.8, 4) is 0 Å². The second kappa shape index (κ2) is 12.1. The predicted molar refractivity (Wildman–Crippen MR) is 104 cm³/mol. The van der Waals surface area contributed by atoms with Gasteiger partial charge in [0.2, 0.25) is 0 Å². The molecule has 23 heavy (non-hydrogen) atoms. The van der Waals surface area contributed by atoms with E-state index in [0.717, 1.165) is 19.3 Å². The van der Waals surface area contributed by atoms with E-state index in [1.165, 1.54) is 64.2 Å². The minimum atomic E-state index is 0.157. The number of carbonyl (C=O) groups is 1. The lowest BCUT2D eigenvalue weighted by atomic mass is 9.88. The highest BCUT2D eigenvalue weighted by Gasteiger charge is 2.15. The van der Waals surface area contributed by atoms with Gasteiger partial charge in [-0.1, -0.05) is 99.3 Å². The van der Waals surface area contributed by atoms with E-state index in [2.05, 4.69) is 41.5 Å². The number of ketones is 1. The van der Waals surface area contributed by atoms with E-state index in [0.29, 0.717) is 11.2 Å². The largest absolute Gasteiger partial charge is 0.300 e. The maximum Gasteiger partial charge on any atom is 0.133 e. The van der Waals surface area contributed by atoms with Crippen LogP contribution < -0.4 is 0 Å². The van der Waals surface area contributed by atoms with Crippen molar-refractivity contribution >= 4 is 5.78 Å². The van der Waals surface area contributed by atoms with Gasteiger partial charge in [0.25, 0.3) is 0 Å². The van der Waals surface area contributed by atoms with Crippen molar-refractivity contribution in [2.75, 3.05) is 0 Å². The lowest BCUT2D eigenvalue weighted by Crippen LogP contribution is -2.12. The minimum absolute atomic E-state index is 0.157. The third kappa shape index (κ3) is 19.6. The first-order chi connectivity index (χ1) is 10.6. The van der Waals surface area contributed by atoms with Crippen LogP contribution in [0.3, 0.4) is 0 Å². The molecular formula is C22H44O. The van der Waals surface area contributed by atoms with Crippen LogP contribution in [0.1, 0.15) is 125 Å². The van der Waals surface area contributed by atoms with Crippen molar-refractivity contribution in [2.24, 2.45) is 10.8 Å². The molecule has 0 aromatic heterocycles. The SMILES string of the molecule is CC(C)(C)CCCCCCCCCCCCC(=O)CC(C)(C)C. The molecule has 0 fully saturated rings. The van der Waals surface area contributed by atoms with Gasteiger partial charge in [-0.15, -0.1) is 0 Å². The molecule has 0 aromatic rings. The summed E-state index contributed by atoms with van der Waals surface area (Å²) in [5.41, 5.74) is 0.665. The van der Waals surface area contributed by atoms with Crippen molar-refractivity contribution in [3.63, 3.8) is 0 Å². The molecule has 0 heterocycles. The Morgan fingerprint density at radius 2 is 0.957 bits per heavy atom. The molecule has 0 radical (unpaired) electrons. The topological polar surface area (TPSA) is 17.1 Å². The summed E-state index contributed by atoms with van der Waals surface area (Å²) in [5.74, 6) is 0.452. The Labute approximate surface area is 147 Å². The van der Waals surface area contributed by atoms with Crippen LogP contribution in [0.4, 0.5) is 0 Å². The number of hydrogen-bond donors (Lipinski definition) is 0. The van der Waals surface area contributed by atoms with Crippen molar-refractivity contribution in [3.05, 3.63) is 0 Å². The van der Waals surface area contributed by atoms with Gasteiger partial charge in [0.15, 0.2) is 0 Å². The molecule has 0 bridgehead atoms. The standard InChI is InChI=1S/C22H44O/c1-21(2,3)18-16-14-12-10-8-7-9-11-13-15-17-20(23)19-22(4,5)6/h7-19H2,1-6H3. The molecule has 0 spiro atoms. The maximum absolute atomic E-state index is 11.8. The number of unbranched alkanes of at least 4 members (excludes halogenated alkanes) is 9. The van der Waals surface area contributed by atoms with Crippen molar-refractivity contribution < 1.29 is 4.79 Å². The van der Waals surface area contributed by atoms with Crippen LogP contribution >= 0.6 is 0 Å². The summed E-state index contributed by atoms with van der Waals surface area (Å²) < 4.78 is 0. The zero-order valence-electron chi connectivity index (χ0n) is 17.1. The Kier molecular flexibility index (Phi) is 11.9. The Balaban J connectivity index is 3.24. The van der Waals surface area contributed by atoms with Crippen molar-refractivity contribution in [2.45, 2.75) is 125 Å². The highest BCUT2D eigenvalue weighted by molar-refractivity contribution is 5.78. The Morgan fingerprint density at radius 3 is 1.35 bits per heavy atom. The van der Waals surface area contributed by atoms with Crippen LogP contribution in [0.25, 0.3) is 0 Å². The van der Waals surface area contributed by atoms with E-state index in [1.807, 2.05) is 0 Å². The van der Waals surface area contributed by atoms with E-state index in [1.54, 1.807) is 0 Å². The fraction of sp³-hybridized carbons (Fsp3) is 0.955. The van der Waals surface area contributed by atoms with E-state index < -0.39 is 0 Å². The molecule has 0 rings (SSSR count). The highest BCUT2D eigenvalue weighted by Crippen LogP contribution is 2.23. The molecule has 0 aliphatic carbocycles. The van der Waals surface area contributed by atoms with E-state index >= 15 is 0 Å². The summed E-state index contributed by atoms with van der Waals surface area (Å²) in [6.07, 6.45) is 16.3. The molecule has 138 valence electrons. The van der Waals surface area contributed by atoms with E-state index in [4.69, 9.17) is 0 Å². The maximum atomic E-state index is 11.8. The van der Waals surface area contributed by atoms with Gasteiger partial charge in [-0.25, -0.2) is 0 Å². The average Bonchev–Trinajstić information content (AvgIpc) is 2.36. The van der Waals surface area contributed by atoms with Gasteiger partial charge < -0.3 is 0 Å². The van der Waals surface area contributed by atoms with Crippen LogP contribution in [0, 0.1) is 10.8 Å². The smallest absolute Gasteiger partial charge is 0.133 e. The molecule has 1 nitrogen and oxygen atoms in total. The van der Waals surface area contributed by atoms with Crippen molar-refractivity contribution in [1.29, 1.82) is 0 Å². The first-order valence-electron chi connectivity index (χ1n) is 10.1. The first kappa shape index (κ1) is 22.7. The predicted octanol–water partition coefficient (Wildman–Crippen LogP) is 7.72. The lowest BCUT2D eigenvalue weighted by Gasteiger charge is -2.17. The summed E-state index contributed by atoms with van der Waals surface area (Å²) in [6.45, 7) is 13.5. The second-order valence-electron chi connectivity index (χ2n) is 9.87. The van der Waals surface area contributed by atoms with Crippen molar-refractivity contribution in [1.82, 2.24) is 0 Å². The fourth-order valence-corrected chi connectivity index (χ4v) is 3.07. The lowest BCUT2D eigenvalue weighted by molar-refractivity contribution is -0.120. The van der Waals surface area contributed by atoms with Gasteiger partial charge in [-0.05, 0) is 23.7 Å². The number of Topliss-reactive ketones (excluding diaryl/α,β-unsaturated/α-hetero) is 1. The van der Waals surface area contributed by atoms with E-state index in [-0.39, 0.29) is 5.41 Å². The second-order valence-corrected chi connectivity index (χ2v) is 9.87. The summed E-state index contributed by atoms with van der Waals surface area (Å²) in [6, 6.07) is 0. The Hall–Kier alpha value is -0.330.